The second kappa shape index (κ2) is 6.31. The Morgan fingerprint density at radius 1 is 0.931 bits per heavy atom. The Morgan fingerprint density at radius 3 is 2.24 bits per heavy atom. The van der Waals surface area contributed by atoms with Crippen molar-refractivity contribution < 1.29 is 28.0 Å². The Hall–Kier alpha value is -2.88. The summed E-state index contributed by atoms with van der Waals surface area (Å²) >= 11 is 0. The zero-order valence-electron chi connectivity index (χ0n) is 15.3. The zero-order chi connectivity index (χ0) is 20.4. The summed E-state index contributed by atoms with van der Waals surface area (Å²) < 4.78 is 30.4. The lowest BCUT2D eigenvalue weighted by Gasteiger charge is -2.37. The molecule has 10 heteroatoms. The average Bonchev–Trinajstić information content (AvgIpc) is 3.07. The molecule has 8 nitrogen and oxygen atoms in total. The number of nitrogens with zero attached hydrogens (tertiary/aromatic N) is 2. The number of nitrogens with one attached hydrogen (secondary N) is 2. The summed E-state index contributed by atoms with van der Waals surface area (Å²) in [6.45, 7) is 1.26. The largest absolute Gasteiger partial charge is 0.361 e. The van der Waals surface area contributed by atoms with Crippen LogP contribution in [0.2, 0.25) is 0 Å². The highest BCUT2D eigenvalue weighted by Crippen LogP contribution is 2.40. The van der Waals surface area contributed by atoms with Gasteiger partial charge in [-0.3, -0.25) is 29.4 Å². The number of imide groups is 2. The molecule has 0 saturated carbocycles. The molecule has 5 rings (SSSR count). The van der Waals surface area contributed by atoms with E-state index in [1.165, 1.54) is 0 Å². The van der Waals surface area contributed by atoms with Crippen molar-refractivity contribution in [2.75, 3.05) is 18.0 Å². The molecule has 152 valence electrons. The van der Waals surface area contributed by atoms with E-state index in [2.05, 4.69) is 10.6 Å². The number of fused-ring (bicyclic) bond motifs is 3. The number of halogens is 2. The summed E-state index contributed by atoms with van der Waals surface area (Å²) in [4.78, 5) is 51.5. The lowest BCUT2D eigenvalue weighted by molar-refractivity contribution is -0.136. The topological polar surface area (TPSA) is 98.8 Å². The summed E-state index contributed by atoms with van der Waals surface area (Å²) in [5, 5.41) is 5.31. The number of amides is 4. The van der Waals surface area contributed by atoms with E-state index in [1.807, 2.05) is 0 Å². The molecule has 0 aliphatic carbocycles. The van der Waals surface area contributed by atoms with Crippen molar-refractivity contribution in [3.05, 3.63) is 28.8 Å². The standard InChI is InChI=1S/C19H18F2N4O4/c20-10-5-12(24-8-1-2-9(24)7-22-6-8)16(21)15-14(10)18(28)25(19(15)29)11-3-4-13(26)23-17(11)27/h5,8-9,11,22H,1-4,6-7H2,(H,23,26,27). The molecule has 1 aromatic carbocycles. The fourth-order valence-electron chi connectivity index (χ4n) is 4.93. The maximum Gasteiger partial charge on any atom is 0.265 e. The molecule has 3 saturated heterocycles. The Balaban J connectivity index is 1.57. The van der Waals surface area contributed by atoms with Crippen LogP contribution in [0.4, 0.5) is 14.5 Å². The minimum atomic E-state index is -1.27. The number of piperazine rings is 1. The van der Waals surface area contributed by atoms with Gasteiger partial charge in [0.1, 0.15) is 11.9 Å². The van der Waals surface area contributed by atoms with Crippen molar-refractivity contribution in [3.63, 3.8) is 0 Å². The third-order valence-corrected chi connectivity index (χ3v) is 6.24. The Bertz CT molecular complexity index is 965. The van der Waals surface area contributed by atoms with Crippen molar-refractivity contribution in [2.24, 2.45) is 0 Å². The van der Waals surface area contributed by atoms with E-state index in [-0.39, 0.29) is 30.6 Å². The molecule has 0 radical (unpaired) electrons. The van der Waals surface area contributed by atoms with E-state index in [0.29, 0.717) is 18.0 Å². The fraction of sp³-hybridized carbons (Fsp3) is 0.474. The average molecular weight is 404 g/mol. The summed E-state index contributed by atoms with van der Waals surface area (Å²) in [6, 6.07) is -0.319. The number of anilines is 1. The molecule has 3 atom stereocenters. The van der Waals surface area contributed by atoms with Crippen LogP contribution in [0.1, 0.15) is 46.4 Å². The summed E-state index contributed by atoms with van der Waals surface area (Å²) in [5.74, 6) is -5.35. The Kier molecular flexibility index (Phi) is 3.95. The van der Waals surface area contributed by atoms with Crippen LogP contribution in [0.15, 0.2) is 6.07 Å². The Morgan fingerprint density at radius 2 is 1.59 bits per heavy atom. The molecule has 3 fully saturated rings. The van der Waals surface area contributed by atoms with Gasteiger partial charge in [-0.2, -0.15) is 0 Å². The first-order chi connectivity index (χ1) is 13.9. The molecule has 1 aromatic rings. The van der Waals surface area contributed by atoms with Gasteiger partial charge in [-0.15, -0.1) is 0 Å². The highest BCUT2D eigenvalue weighted by molar-refractivity contribution is 6.24. The van der Waals surface area contributed by atoms with Crippen LogP contribution < -0.4 is 15.5 Å². The van der Waals surface area contributed by atoms with E-state index in [9.17, 15) is 23.6 Å². The van der Waals surface area contributed by atoms with Crippen LogP contribution in [0.3, 0.4) is 0 Å². The molecule has 4 heterocycles. The number of benzene rings is 1. The summed E-state index contributed by atoms with van der Waals surface area (Å²) in [5.41, 5.74) is -1.31. The van der Waals surface area contributed by atoms with E-state index in [4.69, 9.17) is 0 Å². The number of hydrogen-bond acceptors (Lipinski definition) is 6. The van der Waals surface area contributed by atoms with E-state index in [1.54, 1.807) is 4.90 Å². The third-order valence-electron chi connectivity index (χ3n) is 6.24. The molecular formula is C19H18F2N4O4. The molecule has 2 bridgehead atoms. The maximum atomic E-state index is 15.5. The second-order valence-electron chi connectivity index (χ2n) is 7.84. The van der Waals surface area contributed by atoms with Crippen LogP contribution in [-0.2, 0) is 9.59 Å². The van der Waals surface area contributed by atoms with Crippen LogP contribution in [0.5, 0.6) is 0 Å². The van der Waals surface area contributed by atoms with Gasteiger partial charge in [0.25, 0.3) is 11.8 Å². The van der Waals surface area contributed by atoms with Gasteiger partial charge in [-0.25, -0.2) is 8.78 Å². The predicted molar refractivity (Wildman–Crippen MR) is 95.2 cm³/mol. The highest BCUT2D eigenvalue weighted by atomic mass is 19.1. The first-order valence-corrected chi connectivity index (χ1v) is 9.61. The first kappa shape index (κ1) is 18.2. The minimum absolute atomic E-state index is 0.0147. The number of hydrogen-bond donors (Lipinski definition) is 2. The van der Waals surface area contributed by atoms with Crippen molar-refractivity contribution >= 4 is 29.3 Å². The summed E-state index contributed by atoms with van der Waals surface area (Å²) in [7, 11) is 0. The molecular weight excluding hydrogens is 386 g/mol. The SMILES string of the molecule is O=C1CCC(N2C(=O)c3c(F)cc(N4C5CCC4CNC5)c(F)c3C2=O)C(=O)N1. The van der Waals surface area contributed by atoms with Crippen molar-refractivity contribution in [1.29, 1.82) is 0 Å². The van der Waals surface area contributed by atoms with Gasteiger partial charge in [0, 0.05) is 37.7 Å². The second-order valence-corrected chi connectivity index (χ2v) is 7.84. The van der Waals surface area contributed by atoms with Gasteiger partial charge in [0.05, 0.1) is 16.8 Å². The first-order valence-electron chi connectivity index (χ1n) is 9.61. The molecule has 4 aliphatic rings. The Labute approximate surface area is 164 Å². The summed E-state index contributed by atoms with van der Waals surface area (Å²) in [6.07, 6.45) is 1.51. The van der Waals surface area contributed by atoms with Gasteiger partial charge < -0.3 is 10.2 Å². The molecule has 29 heavy (non-hydrogen) atoms. The lowest BCUT2D eigenvalue weighted by atomic mass is 10.0. The maximum absolute atomic E-state index is 15.5. The van der Waals surface area contributed by atoms with Gasteiger partial charge in [-0.05, 0) is 19.3 Å². The normalized spacial score (nSPS) is 28.8. The predicted octanol–water partition coefficient (Wildman–Crippen LogP) is 0.307. The smallest absolute Gasteiger partial charge is 0.265 e. The minimum Gasteiger partial charge on any atom is -0.361 e. The fourth-order valence-corrected chi connectivity index (χ4v) is 4.93. The number of carbonyl (C=O) groups is 4. The van der Waals surface area contributed by atoms with Gasteiger partial charge >= 0.3 is 0 Å². The number of carbonyl (C=O) groups excluding carboxylic acids is 4. The van der Waals surface area contributed by atoms with Crippen molar-refractivity contribution in [2.45, 2.75) is 43.8 Å². The molecule has 0 aromatic heterocycles. The molecule has 3 unspecified atom stereocenters. The quantitative estimate of drug-likeness (QED) is 0.689. The van der Waals surface area contributed by atoms with E-state index >= 15 is 4.39 Å². The highest BCUT2D eigenvalue weighted by Gasteiger charge is 2.49. The molecule has 0 spiro atoms. The van der Waals surface area contributed by atoms with E-state index < -0.39 is 52.4 Å². The zero-order valence-corrected chi connectivity index (χ0v) is 15.3. The van der Waals surface area contributed by atoms with Gasteiger partial charge in [-0.1, -0.05) is 0 Å². The molecule has 4 amide bonds. The van der Waals surface area contributed by atoms with Crippen LogP contribution in [0.25, 0.3) is 0 Å². The van der Waals surface area contributed by atoms with Crippen LogP contribution >= 0.6 is 0 Å². The van der Waals surface area contributed by atoms with Crippen LogP contribution in [0, 0.1) is 11.6 Å². The van der Waals surface area contributed by atoms with Crippen molar-refractivity contribution in [3.8, 4) is 0 Å². The number of piperidine rings is 1. The molecule has 4 aliphatic heterocycles. The third kappa shape index (κ3) is 2.51. The lowest BCUT2D eigenvalue weighted by Crippen LogP contribution is -2.54. The monoisotopic (exact) mass is 404 g/mol. The van der Waals surface area contributed by atoms with Gasteiger partial charge in [0.2, 0.25) is 11.8 Å². The molecule has 2 N–H and O–H groups in total. The van der Waals surface area contributed by atoms with Crippen molar-refractivity contribution in [1.82, 2.24) is 15.5 Å². The van der Waals surface area contributed by atoms with Gasteiger partial charge in [0.15, 0.2) is 5.82 Å². The number of rotatable bonds is 2. The van der Waals surface area contributed by atoms with E-state index in [0.717, 1.165) is 18.9 Å². The van der Waals surface area contributed by atoms with Crippen LogP contribution in [-0.4, -0.2) is 59.7 Å².